The number of carbonyl (C=O) groups is 2. The topological polar surface area (TPSA) is 55.9 Å². The molecule has 2 atom stereocenters. The zero-order valence-electron chi connectivity index (χ0n) is 17.6. The van der Waals surface area contributed by atoms with Crippen LogP contribution < -0.4 is 5.32 Å². The second-order valence-electron chi connectivity index (χ2n) is 9.09. The van der Waals surface area contributed by atoms with Gasteiger partial charge in [0.1, 0.15) is 0 Å². The molecule has 1 N–H and O–H groups in total. The van der Waals surface area contributed by atoms with Gasteiger partial charge in [-0.15, -0.1) is 24.8 Å². The summed E-state index contributed by atoms with van der Waals surface area (Å²) in [6, 6.07) is 0. The van der Waals surface area contributed by atoms with E-state index < -0.39 is 0 Å². The van der Waals surface area contributed by atoms with Crippen LogP contribution in [0.4, 0.5) is 0 Å². The highest BCUT2D eigenvalue weighted by Gasteiger charge is 2.51. The highest BCUT2D eigenvalue weighted by molar-refractivity contribution is 5.86. The summed E-state index contributed by atoms with van der Waals surface area (Å²) in [6.07, 6.45) is 9.50. The Morgan fingerprint density at radius 2 is 1.52 bits per heavy atom. The van der Waals surface area contributed by atoms with Crippen LogP contribution in [0, 0.1) is 11.3 Å². The van der Waals surface area contributed by atoms with E-state index in [1.54, 1.807) is 0 Å². The average Bonchev–Trinajstić information content (AvgIpc) is 2.95. The van der Waals surface area contributed by atoms with Crippen LogP contribution in [-0.4, -0.2) is 85.4 Å². The van der Waals surface area contributed by atoms with Crippen LogP contribution >= 0.6 is 24.8 Å². The third-order valence-electron chi connectivity index (χ3n) is 7.44. The summed E-state index contributed by atoms with van der Waals surface area (Å²) >= 11 is 0. The minimum Gasteiger partial charge on any atom is -0.342 e. The first-order valence-corrected chi connectivity index (χ1v) is 11.2. The lowest BCUT2D eigenvalue weighted by Gasteiger charge is -2.43. The zero-order chi connectivity index (χ0) is 18.7. The SMILES string of the molecule is Cl.Cl.O=C(CN1CCN(C(=O)[C@@]23CCCC[C@H]2CNC3)CC1)N1CCCCCC1. The van der Waals surface area contributed by atoms with Crippen LogP contribution in [0.3, 0.4) is 0 Å². The minimum absolute atomic E-state index is 0. The van der Waals surface area contributed by atoms with Crippen LogP contribution in [0.2, 0.25) is 0 Å². The van der Waals surface area contributed by atoms with Gasteiger partial charge in [0.05, 0.1) is 12.0 Å². The fraction of sp³-hybridized carbons (Fsp3) is 0.905. The van der Waals surface area contributed by atoms with Gasteiger partial charge in [-0.25, -0.2) is 0 Å². The van der Waals surface area contributed by atoms with E-state index in [9.17, 15) is 9.59 Å². The standard InChI is InChI=1S/C21H36N4O2.2ClH/c26-19(24-9-5-1-2-6-10-24)16-23-11-13-25(14-12-23)20(27)21-8-4-3-7-18(21)15-22-17-21;;/h18,22H,1-17H2;2*1H/t18-,21+;;/m0../s1. The van der Waals surface area contributed by atoms with E-state index in [-0.39, 0.29) is 36.1 Å². The lowest BCUT2D eigenvalue weighted by Crippen LogP contribution is -2.56. The number of likely N-dealkylation sites (tertiary alicyclic amines) is 1. The molecule has 0 spiro atoms. The molecule has 4 rings (SSSR count). The van der Waals surface area contributed by atoms with Crippen LogP contribution in [0.1, 0.15) is 51.4 Å². The van der Waals surface area contributed by atoms with Crippen LogP contribution in [0.25, 0.3) is 0 Å². The molecule has 0 radical (unpaired) electrons. The number of nitrogens with one attached hydrogen (secondary N) is 1. The molecule has 3 aliphatic heterocycles. The van der Waals surface area contributed by atoms with Gasteiger partial charge in [-0.2, -0.15) is 0 Å². The van der Waals surface area contributed by atoms with Gasteiger partial charge in [0.15, 0.2) is 0 Å². The quantitative estimate of drug-likeness (QED) is 0.718. The van der Waals surface area contributed by atoms with Crippen LogP contribution in [0.5, 0.6) is 0 Å². The zero-order valence-corrected chi connectivity index (χ0v) is 19.2. The van der Waals surface area contributed by atoms with Crippen molar-refractivity contribution >= 4 is 36.6 Å². The predicted octanol–water partition coefficient (Wildman–Crippen LogP) is 2.16. The van der Waals surface area contributed by atoms with Crippen molar-refractivity contribution in [1.29, 1.82) is 0 Å². The normalized spacial score (nSPS) is 30.6. The van der Waals surface area contributed by atoms with Crippen molar-refractivity contribution in [3.05, 3.63) is 0 Å². The number of hydrogen-bond donors (Lipinski definition) is 1. The van der Waals surface area contributed by atoms with Crippen molar-refractivity contribution in [2.45, 2.75) is 51.4 Å². The Bertz CT molecular complexity index is 549. The Morgan fingerprint density at radius 3 is 2.21 bits per heavy atom. The van der Waals surface area contributed by atoms with Crippen LogP contribution in [-0.2, 0) is 9.59 Å². The molecule has 0 aromatic heterocycles. The molecule has 3 saturated heterocycles. The molecule has 29 heavy (non-hydrogen) atoms. The molecule has 2 amide bonds. The number of hydrogen-bond acceptors (Lipinski definition) is 4. The summed E-state index contributed by atoms with van der Waals surface area (Å²) in [5.74, 6) is 1.19. The third kappa shape index (κ3) is 5.38. The van der Waals surface area contributed by atoms with Crippen molar-refractivity contribution in [2.75, 3.05) is 58.9 Å². The van der Waals surface area contributed by atoms with Crippen LogP contribution in [0.15, 0.2) is 0 Å². The van der Waals surface area contributed by atoms with Gasteiger partial charge in [-0.1, -0.05) is 25.7 Å². The first-order chi connectivity index (χ1) is 13.2. The molecule has 0 aromatic rings. The number of carbonyl (C=O) groups excluding carboxylic acids is 2. The first-order valence-electron chi connectivity index (χ1n) is 11.2. The van der Waals surface area contributed by atoms with E-state index in [1.165, 1.54) is 32.1 Å². The summed E-state index contributed by atoms with van der Waals surface area (Å²) in [4.78, 5) is 32.4. The summed E-state index contributed by atoms with van der Waals surface area (Å²) in [5, 5.41) is 3.49. The summed E-state index contributed by atoms with van der Waals surface area (Å²) in [7, 11) is 0. The maximum atomic E-state index is 13.4. The molecule has 1 aliphatic carbocycles. The predicted molar refractivity (Wildman–Crippen MR) is 120 cm³/mol. The Labute approximate surface area is 187 Å². The molecule has 1 saturated carbocycles. The summed E-state index contributed by atoms with van der Waals surface area (Å²) in [6.45, 7) is 7.47. The second kappa shape index (κ2) is 11.2. The average molecular weight is 449 g/mol. The molecule has 0 aromatic carbocycles. The van der Waals surface area contributed by atoms with E-state index in [0.29, 0.717) is 18.4 Å². The number of rotatable bonds is 3. The number of piperazine rings is 1. The van der Waals surface area contributed by atoms with Crippen molar-refractivity contribution in [2.24, 2.45) is 11.3 Å². The molecule has 8 heteroatoms. The van der Waals surface area contributed by atoms with E-state index in [4.69, 9.17) is 0 Å². The van der Waals surface area contributed by atoms with Gasteiger partial charge in [-0.05, 0) is 38.1 Å². The fourth-order valence-electron chi connectivity index (χ4n) is 5.70. The molecule has 4 fully saturated rings. The molecular formula is C21H38Cl2N4O2. The number of amides is 2. The molecule has 6 nitrogen and oxygen atoms in total. The molecule has 168 valence electrons. The maximum Gasteiger partial charge on any atom is 0.236 e. The molecule has 0 unspecified atom stereocenters. The fourth-order valence-corrected chi connectivity index (χ4v) is 5.70. The van der Waals surface area contributed by atoms with Crippen molar-refractivity contribution in [3.8, 4) is 0 Å². The Hall–Kier alpha value is -0.560. The van der Waals surface area contributed by atoms with Crippen molar-refractivity contribution < 1.29 is 9.59 Å². The van der Waals surface area contributed by atoms with E-state index in [1.807, 2.05) is 0 Å². The van der Waals surface area contributed by atoms with Gasteiger partial charge >= 0.3 is 0 Å². The molecule has 0 bridgehead atoms. The van der Waals surface area contributed by atoms with E-state index in [0.717, 1.165) is 71.6 Å². The van der Waals surface area contributed by atoms with Gasteiger partial charge in [-0.3, -0.25) is 14.5 Å². The summed E-state index contributed by atoms with van der Waals surface area (Å²) in [5.41, 5.74) is -0.137. The smallest absolute Gasteiger partial charge is 0.236 e. The number of nitrogens with zero attached hydrogens (tertiary/aromatic N) is 3. The highest BCUT2D eigenvalue weighted by Crippen LogP contribution is 2.45. The Balaban J connectivity index is 0.00000150. The van der Waals surface area contributed by atoms with Gasteiger partial charge in [0.25, 0.3) is 0 Å². The Morgan fingerprint density at radius 1 is 0.828 bits per heavy atom. The van der Waals surface area contributed by atoms with Gasteiger partial charge < -0.3 is 15.1 Å². The largest absolute Gasteiger partial charge is 0.342 e. The second-order valence-corrected chi connectivity index (χ2v) is 9.09. The Kier molecular flexibility index (Phi) is 9.52. The monoisotopic (exact) mass is 448 g/mol. The van der Waals surface area contributed by atoms with Crippen molar-refractivity contribution in [1.82, 2.24) is 20.0 Å². The molecule has 4 aliphatic rings. The number of halogens is 2. The lowest BCUT2D eigenvalue weighted by molar-refractivity contribution is -0.147. The minimum atomic E-state index is -0.137. The highest BCUT2D eigenvalue weighted by atomic mass is 35.5. The van der Waals surface area contributed by atoms with Crippen molar-refractivity contribution in [3.63, 3.8) is 0 Å². The maximum absolute atomic E-state index is 13.4. The molecular weight excluding hydrogens is 411 g/mol. The lowest BCUT2D eigenvalue weighted by atomic mass is 9.67. The van der Waals surface area contributed by atoms with E-state index >= 15 is 0 Å². The van der Waals surface area contributed by atoms with Gasteiger partial charge in [0, 0.05) is 45.8 Å². The summed E-state index contributed by atoms with van der Waals surface area (Å²) < 4.78 is 0. The third-order valence-corrected chi connectivity index (χ3v) is 7.44. The molecule has 3 heterocycles. The van der Waals surface area contributed by atoms with Gasteiger partial charge in [0.2, 0.25) is 11.8 Å². The van der Waals surface area contributed by atoms with E-state index in [2.05, 4.69) is 20.0 Å². The first kappa shape index (κ1) is 24.7. The number of fused-ring (bicyclic) bond motifs is 1.